The number of rotatable bonds is 3. The fraction of sp³-hybridized carbons (Fsp3) is 0.296. The molecule has 1 amide bonds. The number of hydrogen-bond acceptors (Lipinski definition) is 9. The van der Waals surface area contributed by atoms with Gasteiger partial charge in [0.25, 0.3) is 5.91 Å². The summed E-state index contributed by atoms with van der Waals surface area (Å²) in [5, 5.41) is 44.7. The number of aliphatic hydroxyl groups excluding tert-OH is 2. The lowest BCUT2D eigenvalue weighted by Crippen LogP contribution is -2.63. The van der Waals surface area contributed by atoms with Crippen molar-refractivity contribution in [1.82, 2.24) is 4.90 Å². The first-order valence-corrected chi connectivity index (χ1v) is 11.8. The highest BCUT2D eigenvalue weighted by Gasteiger charge is 2.63. The molecular formula is C27H27N3O7. The van der Waals surface area contributed by atoms with E-state index in [-0.39, 0.29) is 29.7 Å². The quantitative estimate of drug-likeness (QED) is 0.203. The number of Topliss-reactive ketones (excluding diaryl/α,β-unsaturated/α-hetero) is 2. The maximum Gasteiger partial charge on any atom is 0.255 e. The Morgan fingerprint density at radius 2 is 1.76 bits per heavy atom. The molecule has 37 heavy (non-hydrogen) atoms. The summed E-state index contributed by atoms with van der Waals surface area (Å²) >= 11 is 0. The van der Waals surface area contributed by atoms with E-state index < -0.39 is 63.8 Å². The molecular weight excluding hydrogens is 478 g/mol. The van der Waals surface area contributed by atoms with Crippen LogP contribution in [0, 0.1) is 11.8 Å². The van der Waals surface area contributed by atoms with Crippen LogP contribution in [0.3, 0.4) is 0 Å². The smallest absolute Gasteiger partial charge is 0.255 e. The van der Waals surface area contributed by atoms with Crippen LogP contribution in [0.4, 0.5) is 5.69 Å². The van der Waals surface area contributed by atoms with Gasteiger partial charge in [0, 0.05) is 17.1 Å². The van der Waals surface area contributed by atoms with E-state index in [4.69, 9.17) is 11.5 Å². The summed E-state index contributed by atoms with van der Waals surface area (Å²) < 4.78 is 0. The molecule has 3 aliphatic carbocycles. The van der Waals surface area contributed by atoms with Gasteiger partial charge in [-0.15, -0.1) is 0 Å². The number of benzene rings is 2. The molecule has 4 atom stereocenters. The van der Waals surface area contributed by atoms with Crippen LogP contribution in [0.1, 0.15) is 22.3 Å². The Hall–Kier alpha value is -4.15. The number of amides is 1. The van der Waals surface area contributed by atoms with Gasteiger partial charge in [0.15, 0.2) is 17.1 Å². The minimum atomic E-state index is -2.67. The minimum Gasteiger partial charge on any atom is -0.510 e. The zero-order valence-corrected chi connectivity index (χ0v) is 20.2. The molecule has 192 valence electrons. The van der Waals surface area contributed by atoms with E-state index in [2.05, 4.69) is 0 Å². The summed E-state index contributed by atoms with van der Waals surface area (Å²) in [6.45, 7) is 0. The minimum absolute atomic E-state index is 0.0190. The van der Waals surface area contributed by atoms with Crippen LogP contribution >= 0.6 is 0 Å². The molecule has 0 heterocycles. The van der Waals surface area contributed by atoms with Crippen molar-refractivity contribution in [3.8, 4) is 16.9 Å². The maximum atomic E-state index is 13.7. The van der Waals surface area contributed by atoms with Gasteiger partial charge in [0.2, 0.25) is 5.78 Å². The Morgan fingerprint density at radius 3 is 2.35 bits per heavy atom. The lowest BCUT2D eigenvalue weighted by Gasteiger charge is -2.50. The number of carbonyl (C=O) groups excluding carboxylic acids is 3. The number of fused-ring (bicyclic) bond motifs is 3. The van der Waals surface area contributed by atoms with Crippen molar-refractivity contribution in [3.63, 3.8) is 0 Å². The van der Waals surface area contributed by atoms with Crippen molar-refractivity contribution < 1.29 is 34.8 Å². The van der Waals surface area contributed by atoms with Gasteiger partial charge in [0.1, 0.15) is 17.1 Å². The van der Waals surface area contributed by atoms with E-state index in [9.17, 15) is 34.8 Å². The van der Waals surface area contributed by atoms with Crippen LogP contribution in [0.5, 0.6) is 5.75 Å². The molecule has 0 radical (unpaired) electrons. The summed E-state index contributed by atoms with van der Waals surface area (Å²) in [5.74, 6) is -6.98. The fourth-order valence-corrected chi connectivity index (χ4v) is 6.18. The van der Waals surface area contributed by atoms with Crippen LogP contribution in [-0.4, -0.2) is 68.5 Å². The third-order valence-electron chi connectivity index (χ3n) is 7.84. The van der Waals surface area contributed by atoms with Crippen LogP contribution in [-0.2, 0) is 16.0 Å². The number of aliphatic hydroxyl groups is 3. The van der Waals surface area contributed by atoms with Crippen LogP contribution in [0.2, 0.25) is 0 Å². The predicted octanol–water partition coefficient (Wildman–Crippen LogP) is 1.37. The number of hydrogen-bond donors (Lipinski definition) is 6. The summed E-state index contributed by atoms with van der Waals surface area (Å²) in [6.07, 6.45) is 0.222. The number of aromatic hydroxyl groups is 1. The summed E-state index contributed by atoms with van der Waals surface area (Å²) in [4.78, 5) is 40.5. The Kier molecular flexibility index (Phi) is 5.43. The average Bonchev–Trinajstić information content (AvgIpc) is 2.83. The second-order valence-corrected chi connectivity index (χ2v) is 10.0. The second kappa shape index (κ2) is 8.19. The lowest BCUT2D eigenvalue weighted by molar-refractivity contribution is -0.148. The van der Waals surface area contributed by atoms with Gasteiger partial charge in [-0.25, -0.2) is 0 Å². The zero-order chi connectivity index (χ0) is 27.0. The van der Waals surface area contributed by atoms with E-state index in [1.807, 2.05) is 30.3 Å². The zero-order valence-electron chi connectivity index (χ0n) is 20.2. The molecule has 0 aromatic heterocycles. The van der Waals surface area contributed by atoms with Gasteiger partial charge < -0.3 is 31.9 Å². The Morgan fingerprint density at radius 1 is 1.11 bits per heavy atom. The van der Waals surface area contributed by atoms with Crippen LogP contribution in [0.15, 0.2) is 59.1 Å². The molecule has 8 N–H and O–H groups in total. The highest BCUT2D eigenvalue weighted by molar-refractivity contribution is 6.25. The Balaban J connectivity index is 1.71. The van der Waals surface area contributed by atoms with Crippen molar-refractivity contribution in [2.75, 3.05) is 19.8 Å². The largest absolute Gasteiger partial charge is 0.510 e. The molecule has 5 rings (SSSR count). The summed E-state index contributed by atoms with van der Waals surface area (Å²) in [6, 6.07) is 9.81. The van der Waals surface area contributed by atoms with Gasteiger partial charge >= 0.3 is 0 Å². The monoisotopic (exact) mass is 505 g/mol. The number of anilines is 1. The second-order valence-electron chi connectivity index (χ2n) is 10.0. The number of likely N-dealkylation sites (N-methyl/N-ethyl adjacent to an activating group) is 1. The van der Waals surface area contributed by atoms with E-state index in [1.54, 1.807) is 20.2 Å². The number of nitrogens with two attached hydrogens (primary N) is 2. The molecule has 3 aliphatic rings. The number of phenols is 1. The average molecular weight is 506 g/mol. The Labute approximate surface area is 212 Å². The third kappa shape index (κ3) is 3.22. The highest BCUT2D eigenvalue weighted by atomic mass is 16.3. The number of primary amides is 1. The molecule has 0 saturated heterocycles. The van der Waals surface area contributed by atoms with Crippen LogP contribution in [0.25, 0.3) is 11.1 Å². The molecule has 10 heteroatoms. The topological polar surface area (TPSA) is 187 Å². The molecule has 0 bridgehead atoms. The van der Waals surface area contributed by atoms with E-state index >= 15 is 0 Å². The van der Waals surface area contributed by atoms with Crippen molar-refractivity contribution >= 4 is 23.2 Å². The normalized spacial score (nSPS) is 27.2. The van der Waals surface area contributed by atoms with Gasteiger partial charge in [0.05, 0.1) is 17.3 Å². The highest BCUT2D eigenvalue weighted by Crippen LogP contribution is 2.53. The lowest BCUT2D eigenvalue weighted by atomic mass is 9.58. The molecule has 0 aliphatic heterocycles. The maximum absolute atomic E-state index is 13.7. The van der Waals surface area contributed by atoms with E-state index in [1.165, 1.54) is 4.90 Å². The molecule has 0 unspecified atom stereocenters. The number of allylic oxidation sites excluding steroid dienone is 1. The third-order valence-corrected chi connectivity index (χ3v) is 7.84. The first-order valence-electron chi connectivity index (χ1n) is 11.8. The van der Waals surface area contributed by atoms with Crippen molar-refractivity contribution in [2.45, 2.75) is 24.5 Å². The van der Waals surface area contributed by atoms with E-state index in [0.29, 0.717) is 11.1 Å². The summed E-state index contributed by atoms with van der Waals surface area (Å²) in [7, 11) is 3.17. The number of carbonyl (C=O) groups is 3. The van der Waals surface area contributed by atoms with Crippen LogP contribution < -0.4 is 11.5 Å². The Bertz CT molecular complexity index is 1440. The number of phenolic OH excluding ortho intramolecular Hbond substituents is 1. The van der Waals surface area contributed by atoms with Gasteiger partial charge in [-0.1, -0.05) is 30.3 Å². The number of ketones is 2. The first-order chi connectivity index (χ1) is 17.4. The fourth-order valence-electron chi connectivity index (χ4n) is 6.18. The molecule has 0 saturated carbocycles. The molecule has 0 spiro atoms. The van der Waals surface area contributed by atoms with Crippen molar-refractivity contribution in [2.24, 2.45) is 17.6 Å². The van der Waals surface area contributed by atoms with Gasteiger partial charge in [-0.3, -0.25) is 19.3 Å². The van der Waals surface area contributed by atoms with Gasteiger partial charge in [-0.2, -0.15) is 0 Å². The molecule has 2 aromatic rings. The number of nitrogens with zero attached hydrogens (tertiary/aromatic N) is 1. The standard InChI is InChI=1S/C27H27N3O7/c1-30(2)20-15-10-13-8-12-9-14(11-6-4-3-5-7-11)19(28)22(32)16(12)21(31)17(13)24(34)27(15,37)25(35)18(23(20)33)26(29)36/h3-7,9,13,15,20,32-34,37H,8,10,28H2,1-2H3,(H2,29,36)/t13-,15-,20-,27-/m0/s1. The SMILES string of the molecule is CN(C)[C@@H]1C(O)=C(C(N)=O)C(=O)[C@@]2(O)C(O)=C3C(=O)c4c(cc(-c5ccccc5)c(N)c4O)C[C@H]3C[C@@H]12. The molecule has 0 fully saturated rings. The summed E-state index contributed by atoms with van der Waals surface area (Å²) in [5.41, 5.74) is 9.46. The number of nitrogen functional groups attached to an aromatic ring is 1. The first kappa shape index (κ1) is 24.5. The van der Waals surface area contributed by atoms with Crippen molar-refractivity contribution in [1.29, 1.82) is 0 Å². The predicted molar refractivity (Wildman–Crippen MR) is 134 cm³/mol. The van der Waals surface area contributed by atoms with E-state index in [0.717, 1.165) is 5.56 Å². The van der Waals surface area contributed by atoms with Crippen molar-refractivity contribution in [3.05, 3.63) is 70.2 Å². The molecule has 10 nitrogen and oxygen atoms in total. The molecule has 2 aromatic carbocycles. The van der Waals surface area contributed by atoms with Gasteiger partial charge in [-0.05, 0) is 50.0 Å².